The molecule has 0 spiro atoms. The van der Waals surface area contributed by atoms with Crippen LogP contribution in [0.4, 0.5) is 0 Å². The fourth-order valence-electron chi connectivity index (χ4n) is 3.43. The van der Waals surface area contributed by atoms with Gasteiger partial charge in [0.15, 0.2) is 0 Å². The summed E-state index contributed by atoms with van der Waals surface area (Å²) in [5.41, 5.74) is 0.176. The molecule has 3 atom stereocenters. The largest absolute Gasteiger partial charge is 0.469 e. The van der Waals surface area contributed by atoms with E-state index in [1.54, 1.807) is 0 Å². The van der Waals surface area contributed by atoms with Crippen LogP contribution in [0.3, 0.4) is 0 Å². The van der Waals surface area contributed by atoms with Crippen molar-refractivity contribution >= 4 is 17.7 Å². The predicted octanol–water partition coefficient (Wildman–Crippen LogP) is 4.17. The Morgan fingerprint density at radius 3 is 2.76 bits per heavy atom. The number of hydrogen-bond donors (Lipinski definition) is 0. The van der Waals surface area contributed by atoms with Gasteiger partial charge in [-0.3, -0.25) is 4.79 Å². The molecule has 3 nitrogen and oxygen atoms in total. The first kappa shape index (κ1) is 16.7. The number of hydrogen-bond acceptors (Lipinski definition) is 4. The minimum atomic E-state index is -0.0857. The highest BCUT2D eigenvalue weighted by atomic mass is 32.2. The Bertz CT molecular complexity index is 400. The molecule has 4 heteroatoms. The Morgan fingerprint density at radius 1 is 1.43 bits per heavy atom. The van der Waals surface area contributed by atoms with E-state index in [4.69, 9.17) is 4.74 Å². The molecule has 0 amide bonds. The summed E-state index contributed by atoms with van der Waals surface area (Å²) in [5, 5.41) is 9.84. The monoisotopic (exact) mass is 309 g/mol. The van der Waals surface area contributed by atoms with Gasteiger partial charge in [-0.25, -0.2) is 0 Å². The first-order valence-corrected chi connectivity index (χ1v) is 9.25. The molecule has 2 fully saturated rings. The molecule has 2 aliphatic rings. The van der Waals surface area contributed by atoms with Crippen LogP contribution >= 0.6 is 11.8 Å². The van der Waals surface area contributed by atoms with Crippen LogP contribution in [-0.4, -0.2) is 24.1 Å². The Hall–Kier alpha value is -0.690. The van der Waals surface area contributed by atoms with Crippen LogP contribution < -0.4 is 0 Å². The van der Waals surface area contributed by atoms with Gasteiger partial charge in [0.25, 0.3) is 0 Å². The molecule has 118 valence electrons. The van der Waals surface area contributed by atoms with E-state index in [2.05, 4.69) is 13.0 Å². The number of ether oxygens (including phenoxy) is 1. The van der Waals surface area contributed by atoms with E-state index in [1.165, 1.54) is 32.8 Å². The number of nitriles is 1. The molecule has 2 rings (SSSR count). The van der Waals surface area contributed by atoms with Crippen LogP contribution in [0.15, 0.2) is 0 Å². The minimum Gasteiger partial charge on any atom is -0.469 e. The number of nitrogens with zero attached hydrogens (tertiary/aromatic N) is 1. The fourth-order valence-corrected chi connectivity index (χ4v) is 5.22. The van der Waals surface area contributed by atoms with E-state index in [0.717, 1.165) is 30.9 Å². The van der Waals surface area contributed by atoms with Crippen molar-refractivity contribution in [3.8, 4) is 6.07 Å². The van der Waals surface area contributed by atoms with Gasteiger partial charge < -0.3 is 4.74 Å². The molecule has 2 aliphatic carbocycles. The smallest absolute Gasteiger partial charge is 0.306 e. The summed E-state index contributed by atoms with van der Waals surface area (Å²) in [6, 6.07) is 2.51. The second-order valence-corrected chi connectivity index (χ2v) is 8.03. The summed E-state index contributed by atoms with van der Waals surface area (Å²) < 4.78 is 4.81. The van der Waals surface area contributed by atoms with Crippen LogP contribution in [0.5, 0.6) is 0 Å². The van der Waals surface area contributed by atoms with Crippen molar-refractivity contribution in [3.05, 3.63) is 0 Å². The predicted molar refractivity (Wildman–Crippen MR) is 85.9 cm³/mol. The summed E-state index contributed by atoms with van der Waals surface area (Å²) in [4.78, 5) is 11.5. The molecule has 0 N–H and O–H groups in total. The molecule has 0 aromatic rings. The van der Waals surface area contributed by atoms with Gasteiger partial charge in [-0.05, 0) is 49.2 Å². The van der Waals surface area contributed by atoms with E-state index < -0.39 is 0 Å². The molecule has 0 aliphatic heterocycles. The Labute approximate surface area is 132 Å². The van der Waals surface area contributed by atoms with Gasteiger partial charge in [0.05, 0.1) is 25.5 Å². The van der Waals surface area contributed by atoms with Crippen LogP contribution in [0, 0.1) is 28.6 Å². The molecule has 0 bridgehead atoms. The number of carbonyl (C=O) groups is 1. The summed E-state index contributed by atoms with van der Waals surface area (Å²) in [6.45, 7) is 2.24. The fraction of sp³-hybridized carbons (Fsp3) is 0.882. The number of thioether (sulfide) groups is 1. The molecule has 21 heavy (non-hydrogen) atoms. The Morgan fingerprint density at radius 2 is 2.19 bits per heavy atom. The summed E-state index contributed by atoms with van der Waals surface area (Å²) in [6.07, 6.45) is 8.83. The van der Waals surface area contributed by atoms with Crippen LogP contribution in [-0.2, 0) is 9.53 Å². The van der Waals surface area contributed by atoms with E-state index in [9.17, 15) is 10.1 Å². The minimum absolute atomic E-state index is 0.0857. The topological polar surface area (TPSA) is 50.1 Å². The zero-order valence-electron chi connectivity index (χ0n) is 13.3. The van der Waals surface area contributed by atoms with Crippen molar-refractivity contribution in [3.63, 3.8) is 0 Å². The van der Waals surface area contributed by atoms with Crippen LogP contribution in [0.1, 0.15) is 58.3 Å². The molecule has 2 saturated carbocycles. The third kappa shape index (κ3) is 4.64. The van der Waals surface area contributed by atoms with Gasteiger partial charge in [0, 0.05) is 5.25 Å². The van der Waals surface area contributed by atoms with Gasteiger partial charge in [-0.2, -0.15) is 17.0 Å². The van der Waals surface area contributed by atoms with Crippen molar-refractivity contribution in [1.29, 1.82) is 5.26 Å². The van der Waals surface area contributed by atoms with E-state index >= 15 is 0 Å². The number of carbonyl (C=O) groups excluding carboxylic acids is 1. The molecule has 0 radical (unpaired) electrons. The molecular weight excluding hydrogens is 282 g/mol. The maximum Gasteiger partial charge on any atom is 0.306 e. The van der Waals surface area contributed by atoms with Crippen molar-refractivity contribution < 1.29 is 9.53 Å². The lowest BCUT2D eigenvalue weighted by Crippen LogP contribution is -2.27. The third-order valence-electron chi connectivity index (χ3n) is 5.07. The second-order valence-electron chi connectivity index (χ2n) is 6.81. The zero-order chi connectivity index (χ0) is 15.3. The van der Waals surface area contributed by atoms with Gasteiger partial charge in [0.1, 0.15) is 0 Å². The van der Waals surface area contributed by atoms with Gasteiger partial charge in [-0.15, -0.1) is 0 Å². The van der Waals surface area contributed by atoms with Gasteiger partial charge >= 0.3 is 5.97 Å². The second kappa shape index (κ2) is 7.54. The zero-order valence-corrected chi connectivity index (χ0v) is 14.1. The van der Waals surface area contributed by atoms with E-state index in [0.29, 0.717) is 11.7 Å². The molecule has 0 saturated heterocycles. The van der Waals surface area contributed by atoms with Crippen molar-refractivity contribution in [2.24, 2.45) is 17.3 Å². The number of rotatable bonds is 7. The normalized spacial score (nSPS) is 30.4. The Balaban J connectivity index is 1.85. The van der Waals surface area contributed by atoms with E-state index in [1.807, 2.05) is 11.8 Å². The summed E-state index contributed by atoms with van der Waals surface area (Å²) >= 11 is 1.95. The average molecular weight is 309 g/mol. The Kier molecular flexibility index (Phi) is 5.98. The first-order chi connectivity index (χ1) is 10.1. The lowest BCUT2D eigenvalue weighted by molar-refractivity contribution is -0.141. The third-order valence-corrected chi connectivity index (χ3v) is 6.80. The highest BCUT2D eigenvalue weighted by Gasteiger charge is 2.45. The van der Waals surface area contributed by atoms with Gasteiger partial charge in [-0.1, -0.05) is 19.8 Å². The number of esters is 1. The summed E-state index contributed by atoms with van der Waals surface area (Å²) in [7, 11) is 1.47. The summed E-state index contributed by atoms with van der Waals surface area (Å²) in [5.74, 6) is 1.94. The maximum absolute atomic E-state index is 11.5. The molecule has 3 unspecified atom stereocenters. The van der Waals surface area contributed by atoms with E-state index in [-0.39, 0.29) is 17.3 Å². The van der Waals surface area contributed by atoms with Crippen LogP contribution in [0.25, 0.3) is 0 Å². The van der Waals surface area contributed by atoms with Crippen molar-refractivity contribution in [2.75, 3.05) is 12.9 Å². The molecule has 0 aromatic heterocycles. The maximum atomic E-state index is 11.5. The quantitative estimate of drug-likeness (QED) is 0.662. The number of methoxy groups -OCH3 is 1. The highest BCUT2D eigenvalue weighted by molar-refractivity contribution is 7.99. The molecule has 0 aromatic carbocycles. The lowest BCUT2D eigenvalue weighted by Gasteiger charge is -2.33. The van der Waals surface area contributed by atoms with Crippen molar-refractivity contribution in [1.82, 2.24) is 0 Å². The van der Waals surface area contributed by atoms with Gasteiger partial charge in [0.2, 0.25) is 0 Å². The average Bonchev–Trinajstić information content (AvgIpc) is 3.25. The molecular formula is C17H27NO2S. The first-order valence-electron chi connectivity index (χ1n) is 8.20. The van der Waals surface area contributed by atoms with Crippen molar-refractivity contribution in [2.45, 2.75) is 63.5 Å². The standard InChI is InChI=1S/C17H27NO2S/c1-3-4-13-5-6-14(11-18)15(9-13)21-12-17(7-8-17)10-16(19)20-2/h13-15H,3-10,12H2,1-2H3. The molecule has 0 heterocycles. The highest BCUT2D eigenvalue weighted by Crippen LogP contribution is 2.53. The van der Waals surface area contributed by atoms with Crippen LogP contribution in [0.2, 0.25) is 0 Å². The lowest BCUT2D eigenvalue weighted by atomic mass is 9.80. The SMILES string of the molecule is CCCC1CCC(C#N)C(SCC2(CC(=O)OC)CC2)C1.